The van der Waals surface area contributed by atoms with Crippen LogP contribution in [0.25, 0.3) is 11.3 Å². The van der Waals surface area contributed by atoms with E-state index in [9.17, 15) is 9.59 Å². The van der Waals surface area contributed by atoms with Gasteiger partial charge in [-0.15, -0.1) is 0 Å². The van der Waals surface area contributed by atoms with Crippen LogP contribution >= 0.6 is 0 Å². The number of hydrogen-bond acceptors (Lipinski definition) is 3. The number of nitrogens with zero attached hydrogens (tertiary/aromatic N) is 1. The minimum Gasteiger partial charge on any atom is -0.309 e. The van der Waals surface area contributed by atoms with Gasteiger partial charge in [-0.05, 0) is 18.9 Å². The summed E-state index contributed by atoms with van der Waals surface area (Å²) in [6.45, 7) is 1.95. The predicted molar refractivity (Wildman–Crippen MR) is 67.7 cm³/mol. The Morgan fingerprint density at radius 2 is 1.94 bits per heavy atom. The summed E-state index contributed by atoms with van der Waals surface area (Å²) in [4.78, 5) is 30.1. The zero-order valence-corrected chi connectivity index (χ0v) is 9.99. The van der Waals surface area contributed by atoms with Crippen LogP contribution in [0.5, 0.6) is 0 Å². The van der Waals surface area contributed by atoms with Gasteiger partial charge < -0.3 is 4.98 Å². The molecule has 0 saturated carbocycles. The van der Waals surface area contributed by atoms with Crippen molar-refractivity contribution in [3.63, 3.8) is 0 Å². The molecule has 1 heterocycles. The van der Waals surface area contributed by atoms with Crippen LogP contribution in [0.1, 0.15) is 28.0 Å². The predicted octanol–water partition coefficient (Wildman–Crippen LogP) is 1.87. The first-order chi connectivity index (χ1) is 8.66. The molecule has 0 spiro atoms. The van der Waals surface area contributed by atoms with E-state index in [1.165, 1.54) is 0 Å². The number of nitrogens with one attached hydrogen (secondary N) is 1. The molecule has 0 bridgehead atoms. The van der Waals surface area contributed by atoms with Gasteiger partial charge in [0.25, 0.3) is 0 Å². The van der Waals surface area contributed by atoms with Crippen LogP contribution in [0.15, 0.2) is 29.1 Å². The lowest BCUT2D eigenvalue weighted by Crippen LogP contribution is -2.16. The Hall–Kier alpha value is -2.23. The maximum absolute atomic E-state index is 11.9. The maximum Gasteiger partial charge on any atom is 0.345 e. The smallest absolute Gasteiger partial charge is 0.309 e. The van der Waals surface area contributed by atoms with Crippen LogP contribution in [-0.2, 0) is 6.42 Å². The second-order valence-corrected chi connectivity index (χ2v) is 4.48. The second kappa shape index (κ2) is 3.91. The van der Waals surface area contributed by atoms with Gasteiger partial charge in [-0.25, -0.2) is 4.79 Å². The topological polar surface area (TPSA) is 62.8 Å². The number of rotatable bonds is 1. The number of Topliss-reactive ketones (excluding diaryl/α,β-unsaturated/α-hetero) is 1. The highest BCUT2D eigenvalue weighted by Gasteiger charge is 2.26. The van der Waals surface area contributed by atoms with Gasteiger partial charge in [0.15, 0.2) is 5.78 Å². The largest absolute Gasteiger partial charge is 0.345 e. The molecule has 18 heavy (non-hydrogen) atoms. The molecule has 90 valence electrons. The third kappa shape index (κ3) is 1.57. The van der Waals surface area contributed by atoms with Crippen molar-refractivity contribution in [3.8, 4) is 11.3 Å². The number of benzene rings is 1. The average Bonchev–Trinajstić information content (AvgIpc) is 2.71. The molecule has 0 saturated heterocycles. The van der Waals surface area contributed by atoms with Crippen molar-refractivity contribution in [2.75, 3.05) is 0 Å². The number of hydrogen-bond donors (Lipinski definition) is 1. The lowest BCUT2D eigenvalue weighted by molar-refractivity contribution is 0.0995. The summed E-state index contributed by atoms with van der Waals surface area (Å²) in [5.41, 5.74) is 3.31. The highest BCUT2D eigenvalue weighted by atomic mass is 16.1. The van der Waals surface area contributed by atoms with Gasteiger partial charge in [0.05, 0.1) is 11.3 Å². The van der Waals surface area contributed by atoms with Crippen molar-refractivity contribution >= 4 is 5.78 Å². The molecule has 0 atom stereocenters. The Labute approximate surface area is 104 Å². The fourth-order valence-electron chi connectivity index (χ4n) is 2.40. The number of carbonyl (C=O) groups excluding carboxylic acids is 1. The number of aromatic nitrogens is 2. The third-order valence-electron chi connectivity index (χ3n) is 3.29. The van der Waals surface area contributed by atoms with Gasteiger partial charge in [-0.2, -0.15) is 4.98 Å². The Kier molecular flexibility index (Phi) is 2.37. The summed E-state index contributed by atoms with van der Waals surface area (Å²) in [7, 11) is 0. The molecule has 4 nitrogen and oxygen atoms in total. The minimum atomic E-state index is -0.387. The molecular formula is C14H12N2O2. The van der Waals surface area contributed by atoms with Gasteiger partial charge in [0.2, 0.25) is 0 Å². The minimum absolute atomic E-state index is 0.0620. The standard InChI is InChI=1S/C14H12N2O2/c1-8-4-2-3-5-9(8)13-12-10(6-7-11(12)17)15-14(18)16-13/h2-5H,6-7H2,1H3,(H,15,16,18). The van der Waals surface area contributed by atoms with E-state index in [2.05, 4.69) is 9.97 Å². The number of H-pyrrole nitrogens is 1. The molecule has 0 radical (unpaired) electrons. The molecule has 1 aromatic carbocycles. The van der Waals surface area contributed by atoms with Gasteiger partial charge in [-0.1, -0.05) is 24.3 Å². The Bertz CT molecular complexity index is 701. The van der Waals surface area contributed by atoms with Crippen LogP contribution in [0.4, 0.5) is 0 Å². The second-order valence-electron chi connectivity index (χ2n) is 4.48. The molecule has 3 rings (SSSR count). The van der Waals surface area contributed by atoms with E-state index in [0.717, 1.165) is 16.8 Å². The summed E-state index contributed by atoms with van der Waals surface area (Å²) >= 11 is 0. The van der Waals surface area contributed by atoms with E-state index < -0.39 is 0 Å². The van der Waals surface area contributed by atoms with Gasteiger partial charge in [0, 0.05) is 17.7 Å². The molecule has 0 amide bonds. The number of fused-ring (bicyclic) bond motifs is 1. The van der Waals surface area contributed by atoms with Crippen molar-refractivity contribution in [2.24, 2.45) is 0 Å². The van der Waals surface area contributed by atoms with Crippen molar-refractivity contribution in [2.45, 2.75) is 19.8 Å². The van der Waals surface area contributed by atoms with Crippen LogP contribution in [0, 0.1) is 6.92 Å². The first kappa shape index (κ1) is 10.9. The quantitative estimate of drug-likeness (QED) is 0.827. The van der Waals surface area contributed by atoms with Crippen molar-refractivity contribution < 1.29 is 4.79 Å². The first-order valence-electron chi connectivity index (χ1n) is 5.89. The fourth-order valence-corrected chi connectivity index (χ4v) is 2.40. The first-order valence-corrected chi connectivity index (χ1v) is 5.89. The average molecular weight is 240 g/mol. The molecule has 1 aliphatic rings. The van der Waals surface area contributed by atoms with E-state index in [-0.39, 0.29) is 11.5 Å². The summed E-state index contributed by atoms with van der Waals surface area (Å²) in [5.74, 6) is 0.0620. The maximum atomic E-state index is 11.9. The van der Waals surface area contributed by atoms with E-state index >= 15 is 0 Å². The molecule has 1 aliphatic carbocycles. The SMILES string of the molecule is Cc1ccccc1-c1nc(=O)[nH]c2c1C(=O)CC2. The zero-order chi connectivity index (χ0) is 12.7. The molecule has 0 unspecified atom stereocenters. The van der Waals surface area contributed by atoms with Gasteiger partial charge in [-0.3, -0.25) is 4.79 Å². The summed E-state index contributed by atoms with van der Waals surface area (Å²) in [5, 5.41) is 0. The monoisotopic (exact) mass is 240 g/mol. The molecule has 0 aliphatic heterocycles. The normalized spacial score (nSPS) is 13.7. The summed E-state index contributed by atoms with van der Waals surface area (Å²) < 4.78 is 0. The third-order valence-corrected chi connectivity index (χ3v) is 3.29. The molecule has 2 aromatic rings. The van der Waals surface area contributed by atoms with E-state index in [1.54, 1.807) is 0 Å². The summed E-state index contributed by atoms with van der Waals surface area (Å²) in [6, 6.07) is 7.65. The Morgan fingerprint density at radius 1 is 1.17 bits per heavy atom. The molecule has 1 aromatic heterocycles. The lowest BCUT2D eigenvalue weighted by atomic mass is 10.0. The van der Waals surface area contributed by atoms with Crippen LogP contribution in [-0.4, -0.2) is 15.8 Å². The molecule has 4 heteroatoms. The fraction of sp³-hybridized carbons (Fsp3) is 0.214. The van der Waals surface area contributed by atoms with E-state index in [1.807, 2.05) is 31.2 Å². The van der Waals surface area contributed by atoms with Crippen molar-refractivity contribution in [1.82, 2.24) is 9.97 Å². The van der Waals surface area contributed by atoms with Crippen molar-refractivity contribution in [3.05, 3.63) is 51.6 Å². The lowest BCUT2D eigenvalue weighted by Gasteiger charge is -2.08. The number of aryl methyl sites for hydroxylation is 2. The molecule has 0 fully saturated rings. The zero-order valence-electron chi connectivity index (χ0n) is 9.99. The Morgan fingerprint density at radius 3 is 2.72 bits per heavy atom. The van der Waals surface area contributed by atoms with E-state index in [4.69, 9.17) is 0 Å². The number of ketones is 1. The number of carbonyl (C=O) groups is 1. The molecular weight excluding hydrogens is 228 g/mol. The van der Waals surface area contributed by atoms with Gasteiger partial charge >= 0.3 is 5.69 Å². The summed E-state index contributed by atoms with van der Waals surface area (Å²) in [6.07, 6.45) is 1.06. The number of aromatic amines is 1. The highest BCUT2D eigenvalue weighted by molar-refractivity contribution is 6.05. The van der Waals surface area contributed by atoms with Crippen molar-refractivity contribution in [1.29, 1.82) is 0 Å². The van der Waals surface area contributed by atoms with Crippen LogP contribution in [0.3, 0.4) is 0 Å². The van der Waals surface area contributed by atoms with E-state index in [0.29, 0.717) is 24.1 Å². The Balaban J connectivity index is 2.34. The van der Waals surface area contributed by atoms with Crippen LogP contribution < -0.4 is 5.69 Å². The van der Waals surface area contributed by atoms with Crippen LogP contribution in [0.2, 0.25) is 0 Å². The molecule has 1 N–H and O–H groups in total. The highest BCUT2D eigenvalue weighted by Crippen LogP contribution is 2.29. The van der Waals surface area contributed by atoms with Gasteiger partial charge in [0.1, 0.15) is 0 Å².